The van der Waals surface area contributed by atoms with Gasteiger partial charge in [-0.25, -0.2) is 4.79 Å². The van der Waals surface area contributed by atoms with Crippen LogP contribution in [0.1, 0.15) is 0 Å². The van der Waals surface area contributed by atoms with Gasteiger partial charge < -0.3 is 5.11 Å². The fraction of sp³-hybridized carbons (Fsp3) is 0.0588. The van der Waals surface area contributed by atoms with Gasteiger partial charge in [0, 0.05) is 12.6 Å². The number of anilines is 1. The molecule has 1 heterocycles. The van der Waals surface area contributed by atoms with Gasteiger partial charge in [-0.2, -0.15) is 5.10 Å². The molecule has 0 bridgehead atoms. The molecular formula is C17H15N3O2. The third-order valence-electron chi connectivity index (χ3n) is 3.47. The minimum atomic E-state index is -1.11. The van der Waals surface area contributed by atoms with E-state index in [1.165, 1.54) is 4.68 Å². The molecule has 1 amide bonds. The first-order chi connectivity index (χ1) is 10.6. The second kappa shape index (κ2) is 5.73. The number of hydrogen-bond donors (Lipinski definition) is 2. The Morgan fingerprint density at radius 3 is 2.23 bits per heavy atom. The molecule has 0 unspecified atom stereocenters. The minimum Gasteiger partial charge on any atom is -0.465 e. The quantitative estimate of drug-likeness (QED) is 0.771. The second-order valence-electron chi connectivity index (χ2n) is 4.90. The molecule has 0 aliphatic carbocycles. The molecule has 3 rings (SSSR count). The molecule has 0 spiro atoms. The van der Waals surface area contributed by atoms with Crippen LogP contribution in [-0.2, 0) is 7.05 Å². The van der Waals surface area contributed by atoms with Gasteiger partial charge in [0.15, 0.2) is 0 Å². The molecular weight excluding hydrogens is 278 g/mol. The highest BCUT2D eigenvalue weighted by Gasteiger charge is 2.12. The lowest BCUT2D eigenvalue weighted by atomic mass is 10.0. The van der Waals surface area contributed by atoms with Gasteiger partial charge in [-0.15, -0.1) is 0 Å². The average molecular weight is 293 g/mol. The maximum Gasteiger partial charge on any atom is 0.410 e. The number of carbonyl (C=O) groups is 1. The van der Waals surface area contributed by atoms with Crippen molar-refractivity contribution in [2.75, 3.05) is 5.32 Å². The molecule has 3 aromatic rings. The Balaban J connectivity index is 1.95. The lowest BCUT2D eigenvalue weighted by Crippen LogP contribution is -2.11. The summed E-state index contributed by atoms with van der Waals surface area (Å²) in [6.07, 6.45) is 0.550. The molecule has 5 heteroatoms. The molecule has 0 atom stereocenters. The summed E-state index contributed by atoms with van der Waals surface area (Å²) in [5.41, 5.74) is 3.92. The Kier molecular flexibility index (Phi) is 3.62. The molecule has 0 aliphatic heterocycles. The Labute approximate surface area is 127 Å². The molecule has 0 saturated carbocycles. The molecule has 1 aromatic heterocycles. The SMILES string of the molecule is Cn1ncc(-c2ccc(-c3ccccc3)cc2)c1NC(=O)O. The lowest BCUT2D eigenvalue weighted by Gasteiger charge is -2.07. The third-order valence-corrected chi connectivity index (χ3v) is 3.47. The summed E-state index contributed by atoms with van der Waals surface area (Å²) in [6.45, 7) is 0. The summed E-state index contributed by atoms with van der Waals surface area (Å²) >= 11 is 0. The Morgan fingerprint density at radius 1 is 1.00 bits per heavy atom. The van der Waals surface area contributed by atoms with Crippen LogP contribution in [0.2, 0.25) is 0 Å². The maximum atomic E-state index is 10.9. The number of rotatable bonds is 3. The summed E-state index contributed by atoms with van der Waals surface area (Å²) in [4.78, 5) is 10.9. The van der Waals surface area contributed by atoms with Gasteiger partial charge in [0.2, 0.25) is 0 Å². The van der Waals surface area contributed by atoms with E-state index in [0.29, 0.717) is 5.82 Å². The fourth-order valence-corrected chi connectivity index (χ4v) is 2.37. The zero-order chi connectivity index (χ0) is 15.5. The fourth-order valence-electron chi connectivity index (χ4n) is 2.37. The lowest BCUT2D eigenvalue weighted by molar-refractivity contribution is 0.209. The number of hydrogen-bond acceptors (Lipinski definition) is 2. The van der Waals surface area contributed by atoms with Crippen molar-refractivity contribution in [3.63, 3.8) is 0 Å². The number of aromatic nitrogens is 2. The van der Waals surface area contributed by atoms with Crippen molar-refractivity contribution < 1.29 is 9.90 Å². The van der Waals surface area contributed by atoms with Gasteiger partial charge in [-0.1, -0.05) is 54.6 Å². The van der Waals surface area contributed by atoms with Crippen molar-refractivity contribution >= 4 is 11.9 Å². The van der Waals surface area contributed by atoms with Crippen LogP contribution in [-0.4, -0.2) is 21.0 Å². The van der Waals surface area contributed by atoms with E-state index in [2.05, 4.69) is 22.5 Å². The number of amides is 1. The molecule has 0 aliphatic rings. The standard InChI is InChI=1S/C17H15N3O2/c1-20-16(19-17(21)22)15(11-18-20)14-9-7-13(8-10-14)12-5-3-2-4-6-12/h2-11,19H,1H3,(H,21,22). The number of nitrogens with zero attached hydrogens (tertiary/aromatic N) is 2. The highest BCUT2D eigenvalue weighted by Crippen LogP contribution is 2.29. The monoisotopic (exact) mass is 293 g/mol. The number of aryl methyl sites for hydroxylation is 1. The third kappa shape index (κ3) is 2.69. The van der Waals surface area contributed by atoms with E-state index in [0.717, 1.165) is 22.3 Å². The first kappa shape index (κ1) is 13.9. The summed E-state index contributed by atoms with van der Waals surface area (Å²) in [6, 6.07) is 18.0. The average Bonchev–Trinajstić information content (AvgIpc) is 2.89. The van der Waals surface area contributed by atoms with Crippen LogP contribution in [0.15, 0.2) is 60.8 Å². The van der Waals surface area contributed by atoms with E-state index < -0.39 is 6.09 Å². The molecule has 5 nitrogen and oxygen atoms in total. The van der Waals surface area contributed by atoms with Crippen LogP contribution in [0, 0.1) is 0 Å². The first-order valence-electron chi connectivity index (χ1n) is 6.83. The molecule has 2 aromatic carbocycles. The van der Waals surface area contributed by atoms with Crippen LogP contribution in [0.25, 0.3) is 22.3 Å². The van der Waals surface area contributed by atoms with Gasteiger partial charge in [0.25, 0.3) is 0 Å². The summed E-state index contributed by atoms with van der Waals surface area (Å²) < 4.78 is 1.51. The van der Waals surface area contributed by atoms with E-state index >= 15 is 0 Å². The van der Waals surface area contributed by atoms with Crippen LogP contribution >= 0.6 is 0 Å². The largest absolute Gasteiger partial charge is 0.465 e. The van der Waals surface area contributed by atoms with Crippen molar-refractivity contribution in [1.29, 1.82) is 0 Å². The molecule has 22 heavy (non-hydrogen) atoms. The normalized spacial score (nSPS) is 10.4. The van der Waals surface area contributed by atoms with Gasteiger partial charge in [-0.05, 0) is 16.7 Å². The molecule has 0 radical (unpaired) electrons. The van der Waals surface area contributed by atoms with Gasteiger partial charge in [0.05, 0.1) is 6.20 Å². The number of nitrogens with one attached hydrogen (secondary N) is 1. The summed E-state index contributed by atoms with van der Waals surface area (Å²) in [7, 11) is 1.70. The summed E-state index contributed by atoms with van der Waals surface area (Å²) in [5.74, 6) is 0.458. The highest BCUT2D eigenvalue weighted by atomic mass is 16.4. The van der Waals surface area contributed by atoms with E-state index in [9.17, 15) is 4.79 Å². The topological polar surface area (TPSA) is 67.2 Å². The number of benzene rings is 2. The van der Waals surface area contributed by atoms with Crippen LogP contribution in [0.5, 0.6) is 0 Å². The van der Waals surface area contributed by atoms with E-state index in [1.54, 1.807) is 13.2 Å². The molecule has 0 fully saturated rings. The first-order valence-corrected chi connectivity index (χ1v) is 6.83. The molecule has 0 saturated heterocycles. The van der Waals surface area contributed by atoms with Gasteiger partial charge in [0.1, 0.15) is 5.82 Å². The maximum absolute atomic E-state index is 10.9. The number of carboxylic acid groups (broad SMARTS) is 1. The highest BCUT2D eigenvalue weighted by molar-refractivity contribution is 5.89. The Bertz CT molecular complexity index is 793. The van der Waals surface area contributed by atoms with E-state index in [4.69, 9.17) is 5.11 Å². The predicted molar refractivity (Wildman–Crippen MR) is 85.7 cm³/mol. The van der Waals surface area contributed by atoms with Crippen LogP contribution in [0.4, 0.5) is 10.6 Å². The van der Waals surface area contributed by atoms with Crippen molar-refractivity contribution in [1.82, 2.24) is 9.78 Å². The van der Waals surface area contributed by atoms with Crippen LogP contribution < -0.4 is 5.32 Å². The van der Waals surface area contributed by atoms with Crippen molar-refractivity contribution in [2.24, 2.45) is 7.05 Å². The van der Waals surface area contributed by atoms with E-state index in [-0.39, 0.29) is 0 Å². The predicted octanol–water partition coefficient (Wildman–Crippen LogP) is 3.84. The van der Waals surface area contributed by atoms with Gasteiger partial charge in [-0.3, -0.25) is 10.00 Å². The smallest absolute Gasteiger partial charge is 0.410 e. The zero-order valence-corrected chi connectivity index (χ0v) is 12.0. The second-order valence-corrected chi connectivity index (χ2v) is 4.90. The van der Waals surface area contributed by atoms with Crippen LogP contribution in [0.3, 0.4) is 0 Å². The van der Waals surface area contributed by atoms with Gasteiger partial charge >= 0.3 is 6.09 Å². The zero-order valence-electron chi connectivity index (χ0n) is 12.0. The molecule has 110 valence electrons. The van der Waals surface area contributed by atoms with Crippen molar-refractivity contribution in [3.8, 4) is 22.3 Å². The Morgan fingerprint density at radius 2 is 1.59 bits per heavy atom. The minimum absolute atomic E-state index is 0.458. The van der Waals surface area contributed by atoms with Crippen molar-refractivity contribution in [2.45, 2.75) is 0 Å². The van der Waals surface area contributed by atoms with E-state index in [1.807, 2.05) is 42.5 Å². The molecule has 2 N–H and O–H groups in total. The summed E-state index contributed by atoms with van der Waals surface area (Å²) in [5, 5.41) is 15.4. The van der Waals surface area contributed by atoms with Crippen molar-refractivity contribution in [3.05, 3.63) is 60.8 Å². The Hall–Kier alpha value is -3.08.